The van der Waals surface area contributed by atoms with Crippen molar-refractivity contribution in [3.05, 3.63) is 65.9 Å². The van der Waals surface area contributed by atoms with Gasteiger partial charge in [-0.2, -0.15) is 0 Å². The van der Waals surface area contributed by atoms with Gasteiger partial charge in [-0.3, -0.25) is 0 Å². The highest BCUT2D eigenvalue weighted by Crippen LogP contribution is 2.25. The summed E-state index contributed by atoms with van der Waals surface area (Å²) in [7, 11) is 1.71. The zero-order valence-electron chi connectivity index (χ0n) is 12.0. The lowest BCUT2D eigenvalue weighted by atomic mass is 10.1. The molecule has 1 heterocycles. The number of aryl methyl sites for hydroxylation is 3. The van der Waals surface area contributed by atoms with Crippen molar-refractivity contribution in [2.45, 2.75) is 19.9 Å². The van der Waals surface area contributed by atoms with Gasteiger partial charge >= 0.3 is 0 Å². The number of methoxy groups -OCH3 is 1. The van der Waals surface area contributed by atoms with Gasteiger partial charge in [-0.05, 0) is 42.7 Å². The monoisotopic (exact) mass is 265 g/mol. The van der Waals surface area contributed by atoms with E-state index in [1.165, 1.54) is 22.0 Å². The van der Waals surface area contributed by atoms with Gasteiger partial charge in [0.25, 0.3) is 0 Å². The normalized spacial score (nSPS) is 10.9. The molecule has 0 spiro atoms. The minimum absolute atomic E-state index is 0.918. The summed E-state index contributed by atoms with van der Waals surface area (Å²) in [4.78, 5) is 0. The Labute approximate surface area is 119 Å². The van der Waals surface area contributed by atoms with Crippen LogP contribution in [0.15, 0.2) is 54.7 Å². The van der Waals surface area contributed by atoms with Crippen LogP contribution in [0.25, 0.3) is 10.9 Å². The molecule has 1 aromatic heterocycles. The third kappa shape index (κ3) is 2.42. The molecule has 0 amide bonds. The number of benzene rings is 2. The summed E-state index contributed by atoms with van der Waals surface area (Å²) in [5.74, 6) is 0.918. The van der Waals surface area contributed by atoms with Crippen molar-refractivity contribution in [1.82, 2.24) is 4.57 Å². The number of hydrogen-bond acceptors (Lipinski definition) is 1. The predicted octanol–water partition coefficient (Wildman–Crippen LogP) is 4.20. The summed E-state index contributed by atoms with van der Waals surface area (Å²) >= 11 is 0. The average molecular weight is 265 g/mol. The van der Waals surface area contributed by atoms with Crippen LogP contribution in [-0.2, 0) is 13.0 Å². The van der Waals surface area contributed by atoms with Gasteiger partial charge in [0.15, 0.2) is 0 Å². The SMILES string of the molecule is COc1ccc2c(c1)c(C)cn2CCc1ccccc1. The Morgan fingerprint density at radius 3 is 2.60 bits per heavy atom. The minimum atomic E-state index is 0.918. The number of hydrogen-bond donors (Lipinski definition) is 0. The van der Waals surface area contributed by atoms with E-state index in [1.54, 1.807) is 7.11 Å². The Morgan fingerprint density at radius 2 is 1.85 bits per heavy atom. The van der Waals surface area contributed by atoms with Crippen LogP contribution in [0.2, 0.25) is 0 Å². The van der Waals surface area contributed by atoms with Gasteiger partial charge in [-0.25, -0.2) is 0 Å². The van der Waals surface area contributed by atoms with Crippen molar-refractivity contribution >= 4 is 10.9 Å². The molecule has 3 aromatic rings. The molecule has 0 bridgehead atoms. The minimum Gasteiger partial charge on any atom is -0.497 e. The molecular weight excluding hydrogens is 246 g/mol. The lowest BCUT2D eigenvalue weighted by Gasteiger charge is -2.06. The molecule has 3 rings (SSSR count). The molecular formula is C18H19NO. The van der Waals surface area contributed by atoms with Crippen LogP contribution in [0.5, 0.6) is 5.75 Å². The summed E-state index contributed by atoms with van der Waals surface area (Å²) in [6.45, 7) is 3.15. The number of ether oxygens (including phenoxy) is 1. The molecule has 0 radical (unpaired) electrons. The maximum Gasteiger partial charge on any atom is 0.119 e. The molecule has 2 heteroatoms. The molecule has 2 nitrogen and oxygen atoms in total. The highest BCUT2D eigenvalue weighted by atomic mass is 16.5. The van der Waals surface area contributed by atoms with Crippen LogP contribution in [0, 0.1) is 6.92 Å². The van der Waals surface area contributed by atoms with Crippen LogP contribution in [0.1, 0.15) is 11.1 Å². The molecule has 0 unspecified atom stereocenters. The van der Waals surface area contributed by atoms with E-state index in [1.807, 2.05) is 6.07 Å². The standard InChI is InChI=1S/C18H19NO/c1-14-13-19(11-10-15-6-4-3-5-7-15)18-9-8-16(20-2)12-17(14)18/h3-9,12-13H,10-11H2,1-2H3. The van der Waals surface area contributed by atoms with E-state index >= 15 is 0 Å². The largest absolute Gasteiger partial charge is 0.497 e. The summed E-state index contributed by atoms with van der Waals surface area (Å²) in [6.07, 6.45) is 3.28. The molecule has 0 N–H and O–H groups in total. The fraction of sp³-hybridized carbons (Fsp3) is 0.222. The van der Waals surface area contributed by atoms with E-state index in [4.69, 9.17) is 4.74 Å². The van der Waals surface area contributed by atoms with Crippen LogP contribution in [0.3, 0.4) is 0 Å². The van der Waals surface area contributed by atoms with E-state index < -0.39 is 0 Å². The Hall–Kier alpha value is -2.22. The number of fused-ring (bicyclic) bond motifs is 1. The Kier molecular flexibility index (Phi) is 3.46. The first-order valence-corrected chi connectivity index (χ1v) is 6.95. The lowest BCUT2D eigenvalue weighted by Crippen LogP contribution is -1.99. The Morgan fingerprint density at radius 1 is 1.05 bits per heavy atom. The van der Waals surface area contributed by atoms with Gasteiger partial charge in [0, 0.05) is 23.6 Å². The molecule has 0 atom stereocenters. The van der Waals surface area contributed by atoms with E-state index in [2.05, 4.69) is 60.2 Å². The van der Waals surface area contributed by atoms with Crippen molar-refractivity contribution in [2.24, 2.45) is 0 Å². The molecule has 20 heavy (non-hydrogen) atoms. The van der Waals surface area contributed by atoms with Gasteiger partial charge < -0.3 is 9.30 Å². The smallest absolute Gasteiger partial charge is 0.119 e. The zero-order chi connectivity index (χ0) is 13.9. The van der Waals surface area contributed by atoms with Crippen LogP contribution >= 0.6 is 0 Å². The topological polar surface area (TPSA) is 14.2 Å². The van der Waals surface area contributed by atoms with Gasteiger partial charge in [-0.1, -0.05) is 30.3 Å². The number of nitrogens with zero attached hydrogens (tertiary/aromatic N) is 1. The van der Waals surface area contributed by atoms with E-state index in [0.29, 0.717) is 0 Å². The Bertz CT molecular complexity index is 713. The molecule has 0 fully saturated rings. The van der Waals surface area contributed by atoms with Crippen molar-refractivity contribution in [1.29, 1.82) is 0 Å². The molecule has 0 saturated heterocycles. The molecule has 102 valence electrons. The third-order valence-electron chi connectivity index (χ3n) is 3.77. The first-order valence-electron chi connectivity index (χ1n) is 6.95. The number of aromatic nitrogens is 1. The quantitative estimate of drug-likeness (QED) is 0.689. The highest BCUT2D eigenvalue weighted by molar-refractivity contribution is 5.85. The van der Waals surface area contributed by atoms with E-state index in [9.17, 15) is 0 Å². The van der Waals surface area contributed by atoms with Crippen LogP contribution in [-0.4, -0.2) is 11.7 Å². The Balaban J connectivity index is 1.88. The average Bonchev–Trinajstić information content (AvgIpc) is 2.82. The summed E-state index contributed by atoms with van der Waals surface area (Å²) in [5.41, 5.74) is 3.95. The lowest BCUT2D eigenvalue weighted by molar-refractivity contribution is 0.415. The second-order valence-electron chi connectivity index (χ2n) is 5.12. The van der Waals surface area contributed by atoms with Crippen molar-refractivity contribution in [2.75, 3.05) is 7.11 Å². The van der Waals surface area contributed by atoms with Gasteiger partial charge in [0.1, 0.15) is 5.75 Å². The van der Waals surface area contributed by atoms with Crippen LogP contribution in [0.4, 0.5) is 0 Å². The number of rotatable bonds is 4. The molecule has 0 aliphatic carbocycles. The van der Waals surface area contributed by atoms with E-state index in [-0.39, 0.29) is 0 Å². The van der Waals surface area contributed by atoms with Crippen molar-refractivity contribution in [3.8, 4) is 5.75 Å². The maximum absolute atomic E-state index is 5.31. The predicted molar refractivity (Wildman–Crippen MR) is 83.4 cm³/mol. The zero-order valence-corrected chi connectivity index (χ0v) is 12.0. The fourth-order valence-electron chi connectivity index (χ4n) is 2.66. The first-order chi connectivity index (χ1) is 9.78. The second kappa shape index (κ2) is 5.41. The fourth-order valence-corrected chi connectivity index (χ4v) is 2.66. The summed E-state index contributed by atoms with van der Waals surface area (Å²) < 4.78 is 7.64. The summed E-state index contributed by atoms with van der Waals surface area (Å²) in [5, 5.41) is 1.28. The van der Waals surface area contributed by atoms with Crippen LogP contribution < -0.4 is 4.74 Å². The molecule has 0 aliphatic heterocycles. The van der Waals surface area contributed by atoms with Gasteiger partial charge in [-0.15, -0.1) is 0 Å². The second-order valence-corrected chi connectivity index (χ2v) is 5.12. The molecule has 0 saturated carbocycles. The van der Waals surface area contributed by atoms with Crippen molar-refractivity contribution in [3.63, 3.8) is 0 Å². The van der Waals surface area contributed by atoms with Gasteiger partial charge in [0.2, 0.25) is 0 Å². The summed E-state index contributed by atoms with van der Waals surface area (Å²) in [6, 6.07) is 16.9. The van der Waals surface area contributed by atoms with Crippen molar-refractivity contribution < 1.29 is 4.74 Å². The van der Waals surface area contributed by atoms with E-state index in [0.717, 1.165) is 18.7 Å². The first kappa shape index (κ1) is 12.8. The maximum atomic E-state index is 5.31. The highest BCUT2D eigenvalue weighted by Gasteiger charge is 2.06. The molecule has 0 aliphatic rings. The van der Waals surface area contributed by atoms with Gasteiger partial charge in [0.05, 0.1) is 7.11 Å². The molecule has 2 aromatic carbocycles. The third-order valence-corrected chi connectivity index (χ3v) is 3.77.